The smallest absolute Gasteiger partial charge is 0.340 e. The number of nitrogen functional groups attached to an aromatic ring is 1. The third kappa shape index (κ3) is 2.80. The number of hydrogen-bond donors (Lipinski definition) is 1. The lowest BCUT2D eigenvalue weighted by molar-refractivity contribution is 0.0301. The molecule has 1 aromatic carbocycles. The van der Waals surface area contributed by atoms with Gasteiger partial charge in [-0.25, -0.2) is 4.79 Å². The van der Waals surface area contributed by atoms with Crippen LogP contribution in [-0.2, 0) is 9.47 Å². The van der Waals surface area contributed by atoms with Gasteiger partial charge in [0.2, 0.25) is 0 Å². The summed E-state index contributed by atoms with van der Waals surface area (Å²) in [5.74, 6) is -0.388. The Bertz CT molecular complexity index is 552. The van der Waals surface area contributed by atoms with Gasteiger partial charge in [0.15, 0.2) is 0 Å². The normalized spacial score (nSPS) is 24.2. The zero-order valence-corrected chi connectivity index (χ0v) is 12.7. The van der Waals surface area contributed by atoms with Crippen molar-refractivity contribution in [1.82, 2.24) is 0 Å². The average molecular weight is 311 g/mol. The van der Waals surface area contributed by atoms with Crippen LogP contribution in [0.15, 0.2) is 12.1 Å². The summed E-state index contributed by atoms with van der Waals surface area (Å²) in [6.45, 7) is 3.58. The van der Waals surface area contributed by atoms with Gasteiger partial charge in [0.25, 0.3) is 0 Å². The van der Waals surface area contributed by atoms with Crippen LogP contribution in [0.4, 0.5) is 11.4 Å². The monoisotopic (exact) mass is 310 g/mol. The first-order valence-electron chi connectivity index (χ1n) is 7.25. The summed E-state index contributed by atoms with van der Waals surface area (Å²) in [5.41, 5.74) is 7.43. The summed E-state index contributed by atoms with van der Waals surface area (Å²) in [6.07, 6.45) is 2.55. The van der Waals surface area contributed by atoms with E-state index in [0.717, 1.165) is 25.9 Å². The fourth-order valence-corrected chi connectivity index (χ4v) is 3.45. The Kier molecular flexibility index (Phi) is 3.95. The first kappa shape index (κ1) is 14.5. The number of fused-ring (bicyclic) bond motifs is 2. The number of rotatable bonds is 3. The van der Waals surface area contributed by atoms with Gasteiger partial charge in [-0.15, -0.1) is 0 Å². The third-order valence-electron chi connectivity index (χ3n) is 3.94. The van der Waals surface area contributed by atoms with Crippen LogP contribution >= 0.6 is 11.6 Å². The SMILES string of the molecule is CCOC(=O)c1cc(N)cc(Cl)c1N1CC2CCC(C1)O2. The highest BCUT2D eigenvalue weighted by Crippen LogP contribution is 2.37. The lowest BCUT2D eigenvalue weighted by Crippen LogP contribution is -2.43. The van der Waals surface area contributed by atoms with Gasteiger partial charge < -0.3 is 20.1 Å². The fraction of sp³-hybridized carbons (Fsp3) is 0.533. The number of anilines is 2. The Hall–Kier alpha value is -1.46. The number of carbonyl (C=O) groups is 1. The molecule has 2 unspecified atom stereocenters. The molecule has 0 radical (unpaired) electrons. The van der Waals surface area contributed by atoms with Gasteiger partial charge in [-0.05, 0) is 31.9 Å². The van der Waals surface area contributed by atoms with E-state index in [-0.39, 0.29) is 18.2 Å². The molecule has 0 saturated carbocycles. The minimum atomic E-state index is -0.388. The highest BCUT2D eigenvalue weighted by Gasteiger charge is 2.36. The molecule has 2 atom stereocenters. The second kappa shape index (κ2) is 5.73. The van der Waals surface area contributed by atoms with Crippen molar-refractivity contribution in [3.8, 4) is 0 Å². The first-order valence-corrected chi connectivity index (χ1v) is 7.62. The average Bonchev–Trinajstić information content (AvgIpc) is 2.77. The lowest BCUT2D eigenvalue weighted by Gasteiger charge is -2.35. The van der Waals surface area contributed by atoms with Gasteiger partial charge in [0.05, 0.1) is 35.1 Å². The van der Waals surface area contributed by atoms with Crippen LogP contribution in [0, 0.1) is 0 Å². The van der Waals surface area contributed by atoms with E-state index in [1.807, 2.05) is 0 Å². The number of morpholine rings is 1. The summed E-state index contributed by atoms with van der Waals surface area (Å²) in [7, 11) is 0. The quantitative estimate of drug-likeness (QED) is 0.686. The van der Waals surface area contributed by atoms with E-state index in [9.17, 15) is 4.79 Å². The molecule has 2 heterocycles. The summed E-state index contributed by atoms with van der Waals surface area (Å²) in [4.78, 5) is 14.3. The second-order valence-electron chi connectivity index (χ2n) is 5.48. The molecular weight excluding hydrogens is 292 g/mol. The molecule has 0 spiro atoms. The molecule has 1 aromatic rings. The topological polar surface area (TPSA) is 64.8 Å². The minimum Gasteiger partial charge on any atom is -0.462 e. The van der Waals surface area contributed by atoms with Crippen LogP contribution in [0.1, 0.15) is 30.1 Å². The predicted molar refractivity (Wildman–Crippen MR) is 81.9 cm³/mol. The molecule has 2 aliphatic rings. The van der Waals surface area contributed by atoms with Crippen LogP contribution in [-0.4, -0.2) is 37.9 Å². The molecule has 2 aliphatic heterocycles. The van der Waals surface area contributed by atoms with Crippen LogP contribution in [0.3, 0.4) is 0 Å². The van der Waals surface area contributed by atoms with E-state index < -0.39 is 0 Å². The Labute approximate surface area is 128 Å². The number of halogens is 1. The highest BCUT2D eigenvalue weighted by atomic mass is 35.5. The van der Waals surface area contributed by atoms with Crippen molar-refractivity contribution in [3.63, 3.8) is 0 Å². The number of hydrogen-bond acceptors (Lipinski definition) is 5. The number of carbonyl (C=O) groups excluding carboxylic acids is 1. The number of esters is 1. The number of benzene rings is 1. The van der Waals surface area contributed by atoms with Gasteiger partial charge in [0.1, 0.15) is 0 Å². The maximum absolute atomic E-state index is 12.2. The van der Waals surface area contributed by atoms with Crippen molar-refractivity contribution >= 4 is 28.9 Å². The van der Waals surface area contributed by atoms with E-state index in [0.29, 0.717) is 28.6 Å². The molecular formula is C15H19ClN2O3. The van der Waals surface area contributed by atoms with Crippen molar-refractivity contribution < 1.29 is 14.3 Å². The first-order chi connectivity index (χ1) is 10.1. The summed E-state index contributed by atoms with van der Waals surface area (Å²) >= 11 is 6.36. The van der Waals surface area contributed by atoms with Crippen molar-refractivity contribution in [2.45, 2.75) is 32.0 Å². The predicted octanol–water partition coefficient (Wildman–Crippen LogP) is 2.47. The summed E-state index contributed by atoms with van der Waals surface area (Å²) < 4.78 is 11.0. The van der Waals surface area contributed by atoms with Crippen molar-refractivity contribution in [2.24, 2.45) is 0 Å². The number of nitrogens with two attached hydrogens (primary N) is 1. The fourth-order valence-electron chi connectivity index (χ4n) is 3.10. The maximum Gasteiger partial charge on any atom is 0.340 e. The van der Waals surface area contributed by atoms with Crippen LogP contribution < -0.4 is 10.6 Å². The van der Waals surface area contributed by atoms with E-state index >= 15 is 0 Å². The number of ether oxygens (including phenoxy) is 2. The summed E-state index contributed by atoms with van der Waals surface area (Å²) in [6, 6.07) is 3.31. The molecule has 21 heavy (non-hydrogen) atoms. The Morgan fingerprint density at radius 3 is 2.71 bits per heavy atom. The summed E-state index contributed by atoms with van der Waals surface area (Å²) in [5, 5.41) is 0.486. The second-order valence-corrected chi connectivity index (χ2v) is 5.89. The van der Waals surface area contributed by atoms with Crippen molar-refractivity contribution in [1.29, 1.82) is 0 Å². The van der Waals surface area contributed by atoms with Gasteiger partial charge >= 0.3 is 5.97 Å². The zero-order chi connectivity index (χ0) is 15.0. The molecule has 6 heteroatoms. The molecule has 5 nitrogen and oxygen atoms in total. The van der Waals surface area contributed by atoms with E-state index in [1.165, 1.54) is 0 Å². The van der Waals surface area contributed by atoms with Crippen molar-refractivity contribution in [2.75, 3.05) is 30.3 Å². The molecule has 2 saturated heterocycles. The van der Waals surface area contributed by atoms with Crippen LogP contribution in [0.2, 0.25) is 5.02 Å². The third-order valence-corrected chi connectivity index (χ3v) is 4.23. The van der Waals surface area contributed by atoms with Gasteiger partial charge in [-0.3, -0.25) is 0 Å². The molecule has 2 fully saturated rings. The van der Waals surface area contributed by atoms with E-state index in [2.05, 4.69) is 4.90 Å². The Morgan fingerprint density at radius 1 is 1.43 bits per heavy atom. The standard InChI is InChI=1S/C15H19ClN2O3/c1-2-20-15(19)12-5-9(17)6-13(16)14(12)18-7-10-3-4-11(8-18)21-10/h5-6,10-11H,2-4,7-8,17H2,1H3. The lowest BCUT2D eigenvalue weighted by atomic mass is 10.1. The Balaban J connectivity index is 1.98. The van der Waals surface area contributed by atoms with Gasteiger partial charge in [0, 0.05) is 18.8 Å². The molecule has 0 aliphatic carbocycles. The molecule has 114 valence electrons. The van der Waals surface area contributed by atoms with Gasteiger partial charge in [-0.1, -0.05) is 11.6 Å². The molecule has 2 N–H and O–H groups in total. The van der Waals surface area contributed by atoms with Crippen LogP contribution in [0.5, 0.6) is 0 Å². The van der Waals surface area contributed by atoms with E-state index in [4.69, 9.17) is 26.8 Å². The van der Waals surface area contributed by atoms with Crippen molar-refractivity contribution in [3.05, 3.63) is 22.7 Å². The molecule has 3 rings (SSSR count). The van der Waals surface area contributed by atoms with Gasteiger partial charge in [-0.2, -0.15) is 0 Å². The minimum absolute atomic E-state index is 0.215. The highest BCUT2D eigenvalue weighted by molar-refractivity contribution is 6.34. The number of nitrogens with zero attached hydrogens (tertiary/aromatic N) is 1. The largest absolute Gasteiger partial charge is 0.462 e. The molecule has 2 bridgehead atoms. The maximum atomic E-state index is 12.2. The molecule has 0 amide bonds. The molecule has 0 aromatic heterocycles. The Morgan fingerprint density at radius 2 is 2.10 bits per heavy atom. The van der Waals surface area contributed by atoms with E-state index in [1.54, 1.807) is 19.1 Å². The van der Waals surface area contributed by atoms with Crippen LogP contribution in [0.25, 0.3) is 0 Å². The zero-order valence-electron chi connectivity index (χ0n) is 12.0.